The largest absolute Gasteiger partial charge is 0.264 e. The predicted molar refractivity (Wildman–Crippen MR) is 70.0 cm³/mol. The number of nitriles is 1. The first kappa shape index (κ1) is 13.1. The van der Waals surface area contributed by atoms with Crippen LogP contribution in [0.2, 0.25) is 0 Å². The van der Waals surface area contributed by atoms with Crippen molar-refractivity contribution in [2.75, 3.05) is 4.72 Å². The predicted octanol–water partition coefficient (Wildman–Crippen LogP) is 1.70. The summed E-state index contributed by atoms with van der Waals surface area (Å²) in [5.74, 6) is 0.321. The van der Waals surface area contributed by atoms with Gasteiger partial charge in [-0.05, 0) is 31.5 Å². The van der Waals surface area contributed by atoms with Crippen LogP contribution in [0.25, 0.3) is 0 Å². The molecule has 1 aromatic carbocycles. The molecule has 0 saturated heterocycles. The molecule has 2 rings (SSSR count). The molecule has 0 aliphatic carbocycles. The number of sulfonamides is 1. The minimum atomic E-state index is -3.74. The van der Waals surface area contributed by atoms with Crippen molar-refractivity contribution in [1.29, 1.82) is 5.26 Å². The summed E-state index contributed by atoms with van der Waals surface area (Å²) < 4.78 is 27.0. The van der Waals surface area contributed by atoms with Crippen molar-refractivity contribution in [2.45, 2.75) is 18.7 Å². The highest BCUT2D eigenvalue weighted by atomic mass is 32.2. The Hall–Kier alpha value is -2.33. The zero-order valence-electron chi connectivity index (χ0n) is 10.4. The van der Waals surface area contributed by atoms with E-state index in [0.29, 0.717) is 22.5 Å². The number of aromatic nitrogens is 2. The summed E-state index contributed by atoms with van der Waals surface area (Å²) in [5.41, 5.74) is 1.56. The van der Waals surface area contributed by atoms with Crippen molar-refractivity contribution in [3.63, 3.8) is 0 Å². The van der Waals surface area contributed by atoms with Gasteiger partial charge in [-0.2, -0.15) is 10.4 Å². The number of benzene rings is 1. The number of rotatable bonds is 3. The fourth-order valence-corrected chi connectivity index (χ4v) is 2.96. The van der Waals surface area contributed by atoms with E-state index in [4.69, 9.17) is 5.26 Å². The van der Waals surface area contributed by atoms with Gasteiger partial charge in [0.2, 0.25) is 0 Å². The molecule has 0 aliphatic rings. The van der Waals surface area contributed by atoms with Crippen LogP contribution in [-0.2, 0) is 10.0 Å². The van der Waals surface area contributed by atoms with Gasteiger partial charge in [0.1, 0.15) is 5.82 Å². The van der Waals surface area contributed by atoms with Gasteiger partial charge < -0.3 is 0 Å². The van der Waals surface area contributed by atoms with Crippen LogP contribution in [-0.4, -0.2) is 18.6 Å². The summed E-state index contributed by atoms with van der Waals surface area (Å²) in [6.45, 7) is 3.41. The molecule has 0 radical (unpaired) electrons. The number of hydrogen-bond acceptors (Lipinski definition) is 4. The molecule has 0 spiro atoms. The Morgan fingerprint density at radius 3 is 2.63 bits per heavy atom. The van der Waals surface area contributed by atoms with Crippen molar-refractivity contribution in [1.82, 2.24) is 10.2 Å². The number of anilines is 1. The second-order valence-corrected chi connectivity index (χ2v) is 5.78. The van der Waals surface area contributed by atoms with Crippen LogP contribution in [0.3, 0.4) is 0 Å². The Balaban J connectivity index is 2.46. The first-order valence-corrected chi connectivity index (χ1v) is 6.96. The lowest BCUT2D eigenvalue weighted by Gasteiger charge is -2.09. The van der Waals surface area contributed by atoms with Crippen LogP contribution in [0.4, 0.5) is 5.82 Å². The van der Waals surface area contributed by atoms with Crippen LogP contribution in [0.5, 0.6) is 0 Å². The average molecular weight is 276 g/mol. The van der Waals surface area contributed by atoms with Gasteiger partial charge in [-0.1, -0.05) is 6.07 Å². The summed E-state index contributed by atoms with van der Waals surface area (Å²) in [6, 6.07) is 6.46. The van der Waals surface area contributed by atoms with E-state index in [9.17, 15) is 8.42 Å². The summed E-state index contributed by atoms with van der Waals surface area (Å²) in [6.07, 6.45) is 1.52. The molecule has 0 bridgehead atoms. The molecule has 2 aromatic rings. The van der Waals surface area contributed by atoms with Crippen LogP contribution < -0.4 is 4.72 Å². The van der Waals surface area contributed by atoms with E-state index in [1.54, 1.807) is 26.0 Å². The second kappa shape index (κ2) is 4.74. The highest BCUT2D eigenvalue weighted by molar-refractivity contribution is 7.92. The number of H-pyrrole nitrogens is 1. The van der Waals surface area contributed by atoms with Crippen molar-refractivity contribution >= 4 is 15.8 Å². The van der Waals surface area contributed by atoms with Gasteiger partial charge in [0, 0.05) is 5.56 Å². The molecule has 6 nitrogen and oxygen atoms in total. The van der Waals surface area contributed by atoms with Crippen molar-refractivity contribution in [3.05, 3.63) is 41.1 Å². The fraction of sp³-hybridized carbons (Fsp3) is 0.167. The molecule has 0 atom stereocenters. The zero-order chi connectivity index (χ0) is 14.0. The van der Waals surface area contributed by atoms with Gasteiger partial charge in [0.25, 0.3) is 10.0 Å². The third-order valence-corrected chi connectivity index (χ3v) is 4.16. The van der Waals surface area contributed by atoms with Crippen LogP contribution in [0.1, 0.15) is 16.7 Å². The lowest BCUT2D eigenvalue weighted by atomic mass is 10.2. The Bertz CT molecular complexity index is 756. The van der Waals surface area contributed by atoms with E-state index in [-0.39, 0.29) is 4.90 Å². The number of aromatic amines is 1. The van der Waals surface area contributed by atoms with E-state index in [1.165, 1.54) is 12.3 Å². The molecule has 7 heteroatoms. The standard InChI is InChI=1S/C12H12N4O2S/c1-8-3-4-10(6-13)5-11(8)19(17,18)16-12-9(2)7-14-15-12/h3-5,7H,1-2H3,(H2,14,15,16). The van der Waals surface area contributed by atoms with E-state index in [2.05, 4.69) is 14.9 Å². The van der Waals surface area contributed by atoms with Crippen molar-refractivity contribution < 1.29 is 8.42 Å². The van der Waals surface area contributed by atoms with E-state index in [0.717, 1.165) is 0 Å². The van der Waals surface area contributed by atoms with E-state index >= 15 is 0 Å². The lowest BCUT2D eigenvalue weighted by molar-refractivity contribution is 0.600. The Morgan fingerprint density at radius 1 is 1.32 bits per heavy atom. The summed E-state index contributed by atoms with van der Waals surface area (Å²) in [7, 11) is -3.74. The van der Waals surface area contributed by atoms with Crippen LogP contribution in [0.15, 0.2) is 29.3 Å². The maximum absolute atomic E-state index is 12.3. The zero-order valence-corrected chi connectivity index (χ0v) is 11.2. The maximum atomic E-state index is 12.3. The quantitative estimate of drug-likeness (QED) is 0.891. The average Bonchev–Trinajstić information content (AvgIpc) is 2.75. The number of aryl methyl sites for hydroxylation is 2. The number of nitrogens with zero attached hydrogens (tertiary/aromatic N) is 2. The molecule has 1 aromatic heterocycles. The molecule has 2 N–H and O–H groups in total. The molecule has 0 saturated carbocycles. The Kier molecular flexibility index (Phi) is 3.27. The van der Waals surface area contributed by atoms with Crippen LogP contribution in [0, 0.1) is 25.2 Å². The summed E-state index contributed by atoms with van der Waals surface area (Å²) >= 11 is 0. The smallest absolute Gasteiger partial charge is 0.263 e. The first-order valence-electron chi connectivity index (χ1n) is 5.47. The normalized spacial score (nSPS) is 11.0. The van der Waals surface area contributed by atoms with Crippen LogP contribution >= 0.6 is 0 Å². The monoisotopic (exact) mass is 276 g/mol. The summed E-state index contributed by atoms with van der Waals surface area (Å²) in [4.78, 5) is 0.0838. The van der Waals surface area contributed by atoms with Crippen molar-refractivity contribution in [2.24, 2.45) is 0 Å². The molecule has 0 fully saturated rings. The third kappa shape index (κ3) is 2.58. The second-order valence-electron chi connectivity index (χ2n) is 4.13. The fourth-order valence-electron chi connectivity index (χ4n) is 1.60. The number of hydrogen-bond donors (Lipinski definition) is 2. The highest BCUT2D eigenvalue weighted by Crippen LogP contribution is 2.20. The molecule has 0 aliphatic heterocycles. The third-order valence-electron chi connectivity index (χ3n) is 2.67. The molecule has 19 heavy (non-hydrogen) atoms. The van der Waals surface area contributed by atoms with Gasteiger partial charge in [-0.25, -0.2) is 8.42 Å². The Labute approximate surface area is 111 Å². The molecule has 1 heterocycles. The molecule has 0 unspecified atom stereocenters. The minimum Gasteiger partial charge on any atom is -0.264 e. The molecule has 98 valence electrons. The first-order chi connectivity index (χ1) is 8.94. The van der Waals surface area contributed by atoms with Gasteiger partial charge in [0.15, 0.2) is 0 Å². The van der Waals surface area contributed by atoms with Gasteiger partial charge in [-0.15, -0.1) is 0 Å². The van der Waals surface area contributed by atoms with Crippen molar-refractivity contribution in [3.8, 4) is 6.07 Å². The van der Waals surface area contributed by atoms with Gasteiger partial charge in [0.05, 0.1) is 22.7 Å². The lowest BCUT2D eigenvalue weighted by Crippen LogP contribution is -2.15. The topological polar surface area (TPSA) is 98.6 Å². The summed E-state index contributed by atoms with van der Waals surface area (Å²) in [5, 5.41) is 15.2. The SMILES string of the molecule is Cc1ccc(C#N)cc1S(=O)(=O)Nc1[nH]ncc1C. The molecular formula is C12H12N4O2S. The van der Waals surface area contributed by atoms with E-state index < -0.39 is 10.0 Å². The van der Waals surface area contributed by atoms with Gasteiger partial charge >= 0.3 is 0 Å². The van der Waals surface area contributed by atoms with E-state index in [1.807, 2.05) is 6.07 Å². The highest BCUT2D eigenvalue weighted by Gasteiger charge is 2.19. The minimum absolute atomic E-state index is 0.0838. The van der Waals surface area contributed by atoms with Gasteiger partial charge in [-0.3, -0.25) is 9.82 Å². The molecular weight excluding hydrogens is 264 g/mol. The number of nitrogens with one attached hydrogen (secondary N) is 2. The molecule has 0 amide bonds. The maximum Gasteiger partial charge on any atom is 0.263 e. The Morgan fingerprint density at radius 2 is 2.05 bits per heavy atom.